The van der Waals surface area contributed by atoms with Crippen molar-refractivity contribution in [2.24, 2.45) is 5.92 Å². The lowest BCUT2D eigenvalue weighted by atomic mass is 10.1. The summed E-state index contributed by atoms with van der Waals surface area (Å²) in [6.07, 6.45) is 0. The van der Waals surface area contributed by atoms with Gasteiger partial charge >= 0.3 is 0 Å². The lowest BCUT2D eigenvalue weighted by Gasteiger charge is -2.28. The van der Waals surface area contributed by atoms with Crippen LogP contribution in [0.5, 0.6) is 0 Å². The number of rotatable bonds is 7. The largest absolute Gasteiger partial charge is 0.399 e. The van der Waals surface area contributed by atoms with Crippen LogP contribution in [0.25, 0.3) is 0 Å². The quantitative estimate of drug-likeness (QED) is 0.782. The molecular weight excluding hydrogens is 276 g/mol. The zero-order valence-electron chi connectivity index (χ0n) is 14.8. The fourth-order valence-electron chi connectivity index (χ4n) is 2.33. The summed E-state index contributed by atoms with van der Waals surface area (Å²) in [5, 5.41) is 0. The number of hydrogen-bond acceptors (Lipinski definition) is 4. The third kappa shape index (κ3) is 5.22. The van der Waals surface area contributed by atoms with Crippen LogP contribution in [0, 0.1) is 5.92 Å². The molecule has 1 aromatic carbocycles. The molecule has 0 spiro atoms. The van der Waals surface area contributed by atoms with Gasteiger partial charge in [-0.25, -0.2) is 0 Å². The molecule has 1 amide bonds. The third-order valence-corrected chi connectivity index (χ3v) is 3.57. The average Bonchev–Trinajstić information content (AvgIpc) is 2.41. The van der Waals surface area contributed by atoms with E-state index in [4.69, 9.17) is 5.73 Å². The molecule has 0 aliphatic heterocycles. The zero-order chi connectivity index (χ0) is 16.9. The van der Waals surface area contributed by atoms with E-state index in [9.17, 15) is 4.79 Å². The van der Waals surface area contributed by atoms with Crippen molar-refractivity contribution in [3.8, 4) is 0 Å². The molecule has 0 radical (unpaired) electrons. The molecule has 0 fully saturated rings. The maximum absolute atomic E-state index is 12.5. The molecular formula is C17H30N4O. The van der Waals surface area contributed by atoms with Crippen LogP contribution in [0.3, 0.4) is 0 Å². The lowest BCUT2D eigenvalue weighted by Crippen LogP contribution is -2.38. The summed E-state index contributed by atoms with van der Waals surface area (Å²) in [5.74, 6) is 0.167. The number of nitrogen functional groups attached to an aromatic ring is 1. The normalized spacial score (nSPS) is 11.1. The zero-order valence-corrected chi connectivity index (χ0v) is 14.8. The van der Waals surface area contributed by atoms with Gasteiger partial charge in [0.25, 0.3) is 0 Å². The van der Waals surface area contributed by atoms with E-state index in [2.05, 4.69) is 9.80 Å². The summed E-state index contributed by atoms with van der Waals surface area (Å²) < 4.78 is 0. The van der Waals surface area contributed by atoms with Crippen molar-refractivity contribution in [1.82, 2.24) is 9.80 Å². The standard InChI is InChI=1S/C17H30N4O/c1-13(2)17(22)21(10-9-19(3)4)12-14-11-15(18)7-8-16(14)20(5)6/h7-8,11,13H,9-10,12,18H2,1-6H3. The molecule has 1 rings (SSSR count). The van der Waals surface area contributed by atoms with Gasteiger partial charge in [0.15, 0.2) is 0 Å². The second-order valence-electron chi connectivity index (χ2n) is 6.50. The number of nitrogens with zero attached hydrogens (tertiary/aromatic N) is 3. The van der Waals surface area contributed by atoms with E-state index < -0.39 is 0 Å². The van der Waals surface area contributed by atoms with Crippen LogP contribution in [0.1, 0.15) is 19.4 Å². The Morgan fingerprint density at radius 3 is 2.27 bits per heavy atom. The summed E-state index contributed by atoms with van der Waals surface area (Å²) in [7, 11) is 8.04. The van der Waals surface area contributed by atoms with E-state index in [0.29, 0.717) is 13.1 Å². The molecule has 0 aliphatic rings. The van der Waals surface area contributed by atoms with E-state index in [0.717, 1.165) is 23.5 Å². The molecule has 0 heterocycles. The number of benzene rings is 1. The monoisotopic (exact) mass is 306 g/mol. The summed E-state index contributed by atoms with van der Waals surface area (Å²) in [4.78, 5) is 18.6. The maximum Gasteiger partial charge on any atom is 0.225 e. The van der Waals surface area contributed by atoms with Gasteiger partial charge in [-0.15, -0.1) is 0 Å². The lowest BCUT2D eigenvalue weighted by molar-refractivity contribution is -0.135. The van der Waals surface area contributed by atoms with Crippen molar-refractivity contribution in [3.63, 3.8) is 0 Å². The number of nitrogens with two attached hydrogens (primary N) is 1. The van der Waals surface area contributed by atoms with Crippen molar-refractivity contribution >= 4 is 17.3 Å². The summed E-state index contributed by atoms with van der Waals surface area (Å²) >= 11 is 0. The second-order valence-corrected chi connectivity index (χ2v) is 6.50. The minimum Gasteiger partial charge on any atom is -0.399 e. The number of anilines is 2. The van der Waals surface area contributed by atoms with Gasteiger partial charge in [0.1, 0.15) is 0 Å². The van der Waals surface area contributed by atoms with Crippen molar-refractivity contribution in [2.45, 2.75) is 20.4 Å². The van der Waals surface area contributed by atoms with Gasteiger partial charge in [-0.2, -0.15) is 0 Å². The molecule has 5 heteroatoms. The van der Waals surface area contributed by atoms with E-state index >= 15 is 0 Å². The van der Waals surface area contributed by atoms with Gasteiger partial charge < -0.3 is 20.4 Å². The van der Waals surface area contributed by atoms with E-state index in [1.165, 1.54) is 0 Å². The number of carbonyl (C=O) groups excluding carboxylic acids is 1. The van der Waals surface area contributed by atoms with Gasteiger partial charge in [-0.3, -0.25) is 4.79 Å². The predicted molar refractivity (Wildman–Crippen MR) is 94.0 cm³/mol. The van der Waals surface area contributed by atoms with Crippen molar-refractivity contribution < 1.29 is 4.79 Å². The Labute approximate surface area is 134 Å². The Hall–Kier alpha value is -1.75. The summed E-state index contributed by atoms with van der Waals surface area (Å²) in [6.45, 7) is 6.03. The Morgan fingerprint density at radius 1 is 1.14 bits per heavy atom. The van der Waals surface area contributed by atoms with Gasteiger partial charge in [-0.05, 0) is 37.9 Å². The smallest absolute Gasteiger partial charge is 0.225 e. The molecule has 2 N–H and O–H groups in total. The van der Waals surface area contributed by atoms with Crippen molar-refractivity contribution in [2.75, 3.05) is 51.9 Å². The van der Waals surface area contributed by atoms with Crippen LogP contribution in [0.15, 0.2) is 18.2 Å². The molecule has 0 saturated carbocycles. The highest BCUT2D eigenvalue weighted by Gasteiger charge is 2.19. The Bertz CT molecular complexity index is 497. The molecule has 22 heavy (non-hydrogen) atoms. The van der Waals surface area contributed by atoms with Gasteiger partial charge in [0.05, 0.1) is 0 Å². The number of hydrogen-bond donors (Lipinski definition) is 1. The Balaban J connectivity index is 3.02. The molecule has 0 saturated heterocycles. The van der Waals surface area contributed by atoms with E-state index in [1.807, 2.05) is 65.1 Å². The van der Waals surface area contributed by atoms with E-state index in [1.54, 1.807) is 0 Å². The summed E-state index contributed by atoms with van der Waals surface area (Å²) in [6, 6.07) is 5.87. The Morgan fingerprint density at radius 2 is 1.77 bits per heavy atom. The first kappa shape index (κ1) is 18.3. The molecule has 0 aromatic heterocycles. The average molecular weight is 306 g/mol. The van der Waals surface area contributed by atoms with Crippen LogP contribution in [0.4, 0.5) is 11.4 Å². The fourth-order valence-corrected chi connectivity index (χ4v) is 2.33. The van der Waals surface area contributed by atoms with Crippen molar-refractivity contribution in [3.05, 3.63) is 23.8 Å². The third-order valence-electron chi connectivity index (χ3n) is 3.57. The van der Waals surface area contributed by atoms with Gasteiger partial charge in [0.2, 0.25) is 5.91 Å². The minimum atomic E-state index is -0.00831. The van der Waals surface area contributed by atoms with E-state index in [-0.39, 0.29) is 11.8 Å². The van der Waals surface area contributed by atoms with Gasteiger partial charge in [-0.1, -0.05) is 13.8 Å². The van der Waals surface area contributed by atoms with Crippen LogP contribution in [-0.4, -0.2) is 57.0 Å². The van der Waals surface area contributed by atoms with Gasteiger partial charge in [0, 0.05) is 51.0 Å². The molecule has 0 bridgehead atoms. The number of likely N-dealkylation sites (N-methyl/N-ethyl adjacent to an activating group) is 1. The topological polar surface area (TPSA) is 52.8 Å². The highest BCUT2D eigenvalue weighted by molar-refractivity contribution is 5.78. The second kappa shape index (κ2) is 8.03. The minimum absolute atomic E-state index is 0.00831. The van der Waals surface area contributed by atoms with Crippen LogP contribution in [0.2, 0.25) is 0 Å². The fraction of sp³-hybridized carbons (Fsp3) is 0.588. The Kier molecular flexibility index (Phi) is 6.68. The molecule has 0 atom stereocenters. The maximum atomic E-state index is 12.5. The molecule has 1 aromatic rings. The van der Waals surface area contributed by atoms with Crippen LogP contribution < -0.4 is 10.6 Å². The highest BCUT2D eigenvalue weighted by Crippen LogP contribution is 2.23. The highest BCUT2D eigenvalue weighted by atomic mass is 16.2. The first-order valence-corrected chi connectivity index (χ1v) is 7.71. The predicted octanol–water partition coefficient (Wildman–Crippen LogP) is 1.88. The first-order chi connectivity index (χ1) is 10.2. The van der Waals surface area contributed by atoms with Crippen molar-refractivity contribution in [1.29, 1.82) is 0 Å². The molecule has 124 valence electrons. The summed E-state index contributed by atoms with van der Waals surface area (Å²) in [5.41, 5.74) is 8.84. The van der Waals surface area contributed by atoms with Crippen LogP contribution >= 0.6 is 0 Å². The molecule has 0 aliphatic carbocycles. The SMILES string of the molecule is CC(C)C(=O)N(CCN(C)C)Cc1cc(N)ccc1N(C)C. The molecule has 0 unspecified atom stereocenters. The van der Waals surface area contributed by atoms with Crippen LogP contribution in [-0.2, 0) is 11.3 Å². The number of carbonyl (C=O) groups is 1. The molecule has 5 nitrogen and oxygen atoms in total. The first-order valence-electron chi connectivity index (χ1n) is 7.71. The number of amides is 1.